The van der Waals surface area contributed by atoms with Crippen molar-refractivity contribution in [2.45, 2.75) is 32.1 Å². The van der Waals surface area contributed by atoms with E-state index in [1.807, 2.05) is 24.3 Å². The summed E-state index contributed by atoms with van der Waals surface area (Å²) in [5.41, 5.74) is 6.05. The first-order valence-electron chi connectivity index (χ1n) is 7.43. The van der Waals surface area contributed by atoms with Crippen LogP contribution in [-0.2, 0) is 16.0 Å². The molecule has 0 fully saturated rings. The maximum atomic E-state index is 11.5. The molecular formula is C16H24N2O4. The molecule has 2 amide bonds. The number of esters is 1. The highest BCUT2D eigenvalue weighted by atomic mass is 16.5. The zero-order valence-corrected chi connectivity index (χ0v) is 13.0. The van der Waals surface area contributed by atoms with Crippen LogP contribution >= 0.6 is 0 Å². The molecule has 0 saturated carbocycles. The van der Waals surface area contributed by atoms with Crippen LogP contribution in [0.5, 0.6) is 5.75 Å². The number of carbonyl (C=O) groups excluding carboxylic acids is 2. The summed E-state index contributed by atoms with van der Waals surface area (Å²) in [6.07, 6.45) is 3.51. The number of amides is 2. The minimum atomic E-state index is -0.516. The molecular weight excluding hydrogens is 284 g/mol. The molecule has 0 aliphatic rings. The van der Waals surface area contributed by atoms with Gasteiger partial charge < -0.3 is 20.5 Å². The number of ether oxygens (including phenoxy) is 2. The van der Waals surface area contributed by atoms with Gasteiger partial charge in [-0.2, -0.15) is 0 Å². The number of urea groups is 1. The number of nitrogens with one attached hydrogen (secondary N) is 1. The molecule has 0 unspecified atom stereocenters. The number of primary amides is 1. The van der Waals surface area contributed by atoms with E-state index in [-0.39, 0.29) is 5.97 Å². The second kappa shape index (κ2) is 10.5. The molecule has 0 saturated heterocycles. The van der Waals surface area contributed by atoms with Crippen LogP contribution in [0.15, 0.2) is 24.3 Å². The molecule has 3 N–H and O–H groups in total. The molecule has 0 spiro atoms. The normalized spacial score (nSPS) is 10.0. The topological polar surface area (TPSA) is 90.7 Å². The molecule has 6 nitrogen and oxygen atoms in total. The van der Waals surface area contributed by atoms with E-state index in [0.29, 0.717) is 26.0 Å². The molecule has 0 aliphatic carbocycles. The second-order valence-electron chi connectivity index (χ2n) is 4.92. The lowest BCUT2D eigenvalue weighted by atomic mass is 10.1. The van der Waals surface area contributed by atoms with Gasteiger partial charge in [-0.05, 0) is 30.5 Å². The minimum Gasteiger partial charge on any atom is -0.497 e. The molecule has 0 bridgehead atoms. The Bertz CT molecular complexity index is 460. The van der Waals surface area contributed by atoms with E-state index in [2.05, 4.69) is 5.32 Å². The minimum absolute atomic E-state index is 0.184. The third-order valence-electron chi connectivity index (χ3n) is 3.17. The van der Waals surface area contributed by atoms with Crippen LogP contribution in [0.3, 0.4) is 0 Å². The Morgan fingerprint density at radius 1 is 1.14 bits per heavy atom. The SMILES string of the molecule is COc1ccc(CCOC(=O)CCCCCNC(N)=O)cc1. The Kier molecular flexibility index (Phi) is 8.49. The maximum Gasteiger partial charge on any atom is 0.312 e. The van der Waals surface area contributed by atoms with Crippen LogP contribution in [0.1, 0.15) is 31.2 Å². The second-order valence-corrected chi connectivity index (χ2v) is 4.92. The van der Waals surface area contributed by atoms with Crippen LogP contribution in [0.4, 0.5) is 4.79 Å². The van der Waals surface area contributed by atoms with Gasteiger partial charge in [-0.1, -0.05) is 18.6 Å². The highest BCUT2D eigenvalue weighted by Crippen LogP contribution is 2.11. The summed E-state index contributed by atoms with van der Waals surface area (Å²) in [6, 6.07) is 7.17. The lowest BCUT2D eigenvalue weighted by Crippen LogP contribution is -2.29. The zero-order valence-electron chi connectivity index (χ0n) is 13.0. The van der Waals surface area contributed by atoms with Gasteiger partial charge >= 0.3 is 12.0 Å². The fraction of sp³-hybridized carbons (Fsp3) is 0.500. The standard InChI is InChI=1S/C16H24N2O4/c1-21-14-8-6-13(7-9-14)10-12-22-15(19)5-3-2-4-11-18-16(17)20/h6-9H,2-5,10-12H2,1H3,(H3,17,18,20). The first-order chi connectivity index (χ1) is 10.6. The molecule has 0 heterocycles. The van der Waals surface area contributed by atoms with Crippen molar-refractivity contribution in [1.82, 2.24) is 5.32 Å². The molecule has 1 aromatic carbocycles. The summed E-state index contributed by atoms with van der Waals surface area (Å²) in [5, 5.41) is 2.51. The number of unbranched alkanes of at least 4 members (excludes halogenated alkanes) is 2. The molecule has 0 radical (unpaired) electrons. The first kappa shape index (κ1) is 17.8. The molecule has 6 heteroatoms. The lowest BCUT2D eigenvalue weighted by molar-refractivity contribution is -0.143. The Labute approximate surface area is 131 Å². The summed E-state index contributed by atoms with van der Waals surface area (Å²) in [5.74, 6) is 0.628. The first-order valence-corrected chi connectivity index (χ1v) is 7.43. The fourth-order valence-corrected chi connectivity index (χ4v) is 1.93. The van der Waals surface area contributed by atoms with E-state index in [0.717, 1.165) is 30.6 Å². The van der Waals surface area contributed by atoms with E-state index in [1.165, 1.54) is 0 Å². The predicted molar refractivity (Wildman–Crippen MR) is 83.7 cm³/mol. The van der Waals surface area contributed by atoms with Gasteiger partial charge in [0.05, 0.1) is 13.7 Å². The lowest BCUT2D eigenvalue weighted by Gasteiger charge is -2.06. The van der Waals surface area contributed by atoms with Gasteiger partial charge in [-0.3, -0.25) is 4.79 Å². The van der Waals surface area contributed by atoms with Gasteiger partial charge in [0.15, 0.2) is 0 Å². The number of nitrogens with two attached hydrogens (primary N) is 1. The summed E-state index contributed by atoms with van der Waals surface area (Å²) in [7, 11) is 1.63. The smallest absolute Gasteiger partial charge is 0.312 e. The van der Waals surface area contributed by atoms with Crippen LogP contribution in [-0.4, -0.2) is 32.3 Å². The molecule has 1 rings (SSSR count). The van der Waals surface area contributed by atoms with Crippen LogP contribution in [0.2, 0.25) is 0 Å². The Morgan fingerprint density at radius 3 is 2.50 bits per heavy atom. The number of hydrogen-bond donors (Lipinski definition) is 2. The molecule has 1 aromatic rings. The average molecular weight is 308 g/mol. The van der Waals surface area contributed by atoms with Gasteiger partial charge in [0.2, 0.25) is 0 Å². The van der Waals surface area contributed by atoms with Crippen molar-refractivity contribution in [3.05, 3.63) is 29.8 Å². The van der Waals surface area contributed by atoms with Crippen molar-refractivity contribution in [2.24, 2.45) is 5.73 Å². The van der Waals surface area contributed by atoms with Gasteiger partial charge in [0.1, 0.15) is 5.75 Å². The van der Waals surface area contributed by atoms with Crippen molar-refractivity contribution in [2.75, 3.05) is 20.3 Å². The van der Waals surface area contributed by atoms with Gasteiger partial charge in [-0.25, -0.2) is 4.79 Å². The average Bonchev–Trinajstić information content (AvgIpc) is 2.51. The maximum absolute atomic E-state index is 11.5. The highest BCUT2D eigenvalue weighted by molar-refractivity contribution is 5.71. The number of benzene rings is 1. The monoisotopic (exact) mass is 308 g/mol. The number of hydrogen-bond acceptors (Lipinski definition) is 4. The van der Waals surface area contributed by atoms with E-state index < -0.39 is 6.03 Å². The molecule has 0 aromatic heterocycles. The van der Waals surface area contributed by atoms with Crippen LogP contribution < -0.4 is 15.8 Å². The summed E-state index contributed by atoms with van der Waals surface area (Å²) in [4.78, 5) is 22.0. The number of carbonyl (C=O) groups is 2. The molecule has 0 aliphatic heterocycles. The quantitative estimate of drug-likeness (QED) is 0.511. The molecule has 22 heavy (non-hydrogen) atoms. The van der Waals surface area contributed by atoms with E-state index in [1.54, 1.807) is 7.11 Å². The summed E-state index contributed by atoms with van der Waals surface area (Å²) >= 11 is 0. The number of methoxy groups -OCH3 is 1. The van der Waals surface area contributed by atoms with Crippen molar-refractivity contribution in [3.63, 3.8) is 0 Å². The Hall–Kier alpha value is -2.24. The summed E-state index contributed by atoms with van der Waals surface area (Å²) < 4.78 is 10.3. The fourth-order valence-electron chi connectivity index (χ4n) is 1.93. The van der Waals surface area contributed by atoms with Crippen molar-refractivity contribution in [1.29, 1.82) is 0 Å². The molecule has 0 atom stereocenters. The van der Waals surface area contributed by atoms with E-state index >= 15 is 0 Å². The van der Waals surface area contributed by atoms with Gasteiger partial charge in [0.25, 0.3) is 0 Å². The molecule has 122 valence electrons. The van der Waals surface area contributed by atoms with E-state index in [4.69, 9.17) is 15.2 Å². The Balaban J connectivity index is 2.04. The zero-order chi connectivity index (χ0) is 16.2. The van der Waals surface area contributed by atoms with Crippen molar-refractivity contribution < 1.29 is 19.1 Å². The van der Waals surface area contributed by atoms with Gasteiger partial charge in [-0.15, -0.1) is 0 Å². The third-order valence-corrected chi connectivity index (χ3v) is 3.17. The Morgan fingerprint density at radius 2 is 1.86 bits per heavy atom. The van der Waals surface area contributed by atoms with Crippen molar-refractivity contribution in [3.8, 4) is 5.75 Å². The largest absolute Gasteiger partial charge is 0.497 e. The van der Waals surface area contributed by atoms with Crippen LogP contribution in [0, 0.1) is 0 Å². The third kappa shape index (κ3) is 8.14. The van der Waals surface area contributed by atoms with E-state index in [9.17, 15) is 9.59 Å². The van der Waals surface area contributed by atoms with Crippen molar-refractivity contribution >= 4 is 12.0 Å². The van der Waals surface area contributed by atoms with Crippen LogP contribution in [0.25, 0.3) is 0 Å². The summed E-state index contributed by atoms with van der Waals surface area (Å²) in [6.45, 7) is 0.927. The predicted octanol–water partition coefficient (Wildman–Crippen LogP) is 2.01. The number of rotatable bonds is 10. The van der Waals surface area contributed by atoms with Gasteiger partial charge in [0, 0.05) is 19.4 Å². The highest BCUT2D eigenvalue weighted by Gasteiger charge is 2.03.